The van der Waals surface area contributed by atoms with Crippen LogP contribution in [0.5, 0.6) is 0 Å². The van der Waals surface area contributed by atoms with Crippen LogP contribution in [0.2, 0.25) is 0 Å². The number of sulfonamides is 1. The minimum atomic E-state index is -3.59. The smallest absolute Gasteiger partial charge is 0.324 e. The van der Waals surface area contributed by atoms with E-state index in [0.717, 1.165) is 0 Å². The number of carbonyl (C=O) groups is 3. The molecule has 0 saturated carbocycles. The molecule has 1 aromatic carbocycles. The molecule has 10 heteroatoms. The van der Waals surface area contributed by atoms with Gasteiger partial charge in [-0.05, 0) is 44.5 Å². The van der Waals surface area contributed by atoms with Crippen LogP contribution in [0.15, 0.2) is 24.3 Å². The first-order valence-corrected chi connectivity index (χ1v) is 10.6. The SMILES string of the molecule is CCCCS(=O)(=O)N[C@@H](C)C(=O)O[C@H](C)C(=O)Nc1ccc(NC(C)=O)cc1. The Bertz CT molecular complexity index is 792. The molecule has 0 aliphatic rings. The molecule has 0 unspecified atom stereocenters. The summed E-state index contributed by atoms with van der Waals surface area (Å²) in [5.74, 6) is -1.70. The van der Waals surface area contributed by atoms with Gasteiger partial charge in [0.1, 0.15) is 6.04 Å². The number of unbranched alkanes of at least 4 members (excludes halogenated alkanes) is 1. The van der Waals surface area contributed by atoms with Crippen LogP contribution < -0.4 is 15.4 Å². The average Bonchev–Trinajstić information content (AvgIpc) is 2.60. The van der Waals surface area contributed by atoms with Crippen LogP contribution in [-0.4, -0.2) is 44.1 Å². The molecule has 0 aliphatic carbocycles. The monoisotopic (exact) mass is 413 g/mol. The second-order valence-electron chi connectivity index (χ2n) is 6.34. The summed E-state index contributed by atoms with van der Waals surface area (Å²) >= 11 is 0. The minimum Gasteiger partial charge on any atom is -0.451 e. The lowest BCUT2D eigenvalue weighted by Gasteiger charge is -2.17. The zero-order chi connectivity index (χ0) is 21.3. The average molecular weight is 413 g/mol. The lowest BCUT2D eigenvalue weighted by molar-refractivity contribution is -0.154. The predicted molar refractivity (Wildman–Crippen MR) is 106 cm³/mol. The first kappa shape index (κ1) is 23.6. The van der Waals surface area contributed by atoms with Crippen molar-refractivity contribution in [3.05, 3.63) is 24.3 Å². The number of nitrogens with one attached hydrogen (secondary N) is 3. The second-order valence-corrected chi connectivity index (χ2v) is 8.21. The second kappa shape index (κ2) is 10.8. The van der Waals surface area contributed by atoms with Crippen LogP contribution in [0.25, 0.3) is 0 Å². The molecule has 0 radical (unpaired) electrons. The molecule has 0 saturated heterocycles. The molecule has 0 aromatic heterocycles. The Balaban J connectivity index is 2.56. The number of anilines is 2. The Hall–Kier alpha value is -2.46. The van der Waals surface area contributed by atoms with Crippen molar-refractivity contribution in [1.29, 1.82) is 0 Å². The van der Waals surface area contributed by atoms with Crippen molar-refractivity contribution in [1.82, 2.24) is 4.72 Å². The Kier molecular flexibility index (Phi) is 9.07. The third-order valence-corrected chi connectivity index (χ3v) is 5.15. The highest BCUT2D eigenvalue weighted by Crippen LogP contribution is 2.14. The van der Waals surface area contributed by atoms with Gasteiger partial charge in [-0.25, -0.2) is 13.1 Å². The van der Waals surface area contributed by atoms with Crippen molar-refractivity contribution in [2.24, 2.45) is 0 Å². The van der Waals surface area contributed by atoms with Crippen LogP contribution in [0.3, 0.4) is 0 Å². The molecule has 0 fully saturated rings. The molecule has 156 valence electrons. The molecule has 0 bridgehead atoms. The Morgan fingerprint density at radius 1 is 1.04 bits per heavy atom. The number of carbonyl (C=O) groups excluding carboxylic acids is 3. The van der Waals surface area contributed by atoms with E-state index in [0.29, 0.717) is 24.2 Å². The number of hydrogen-bond donors (Lipinski definition) is 3. The van der Waals surface area contributed by atoms with Crippen molar-refractivity contribution in [2.45, 2.75) is 52.7 Å². The molecule has 3 N–H and O–H groups in total. The van der Waals surface area contributed by atoms with Crippen LogP contribution in [0, 0.1) is 0 Å². The zero-order valence-electron chi connectivity index (χ0n) is 16.4. The van der Waals surface area contributed by atoms with E-state index in [-0.39, 0.29) is 11.7 Å². The first-order chi connectivity index (χ1) is 13.0. The lowest BCUT2D eigenvalue weighted by Crippen LogP contribution is -2.43. The van der Waals surface area contributed by atoms with Crippen LogP contribution in [0.1, 0.15) is 40.5 Å². The Labute approximate surface area is 165 Å². The van der Waals surface area contributed by atoms with E-state index in [4.69, 9.17) is 4.74 Å². The van der Waals surface area contributed by atoms with Gasteiger partial charge in [-0.2, -0.15) is 0 Å². The lowest BCUT2D eigenvalue weighted by atomic mass is 10.2. The van der Waals surface area contributed by atoms with Gasteiger partial charge in [0.15, 0.2) is 6.10 Å². The first-order valence-electron chi connectivity index (χ1n) is 8.93. The number of esters is 1. The normalized spacial score (nSPS) is 13.3. The fraction of sp³-hybridized carbons (Fsp3) is 0.500. The van der Waals surface area contributed by atoms with Gasteiger partial charge in [0.05, 0.1) is 5.75 Å². The molecule has 0 spiro atoms. The Morgan fingerprint density at radius 3 is 2.07 bits per heavy atom. The van der Waals surface area contributed by atoms with Gasteiger partial charge in [-0.3, -0.25) is 14.4 Å². The maximum Gasteiger partial charge on any atom is 0.324 e. The predicted octanol–water partition coefficient (Wildman–Crippen LogP) is 1.62. The van der Waals surface area contributed by atoms with Gasteiger partial charge in [0, 0.05) is 18.3 Å². The van der Waals surface area contributed by atoms with Gasteiger partial charge in [0.2, 0.25) is 15.9 Å². The van der Waals surface area contributed by atoms with Crippen LogP contribution in [0.4, 0.5) is 11.4 Å². The maximum absolute atomic E-state index is 12.2. The van der Waals surface area contributed by atoms with E-state index < -0.39 is 34.0 Å². The van der Waals surface area contributed by atoms with Crippen molar-refractivity contribution in [2.75, 3.05) is 16.4 Å². The van der Waals surface area contributed by atoms with E-state index in [2.05, 4.69) is 15.4 Å². The highest BCUT2D eigenvalue weighted by atomic mass is 32.2. The molecule has 1 aromatic rings. The minimum absolute atomic E-state index is 0.0777. The van der Waals surface area contributed by atoms with Crippen molar-refractivity contribution >= 4 is 39.2 Å². The standard InChI is InChI=1S/C18H27N3O6S/c1-5-6-11-28(25,26)21-12(2)18(24)27-13(3)17(23)20-16-9-7-15(8-10-16)19-14(4)22/h7-10,12-13,21H,5-6,11H2,1-4H3,(H,19,22)(H,20,23)/t12-,13+/m0/s1. The number of amides is 2. The van der Waals surface area contributed by atoms with Crippen molar-refractivity contribution in [3.63, 3.8) is 0 Å². The molecular weight excluding hydrogens is 386 g/mol. The largest absolute Gasteiger partial charge is 0.451 e. The van der Waals surface area contributed by atoms with Gasteiger partial charge in [0.25, 0.3) is 5.91 Å². The molecule has 0 heterocycles. The van der Waals surface area contributed by atoms with E-state index >= 15 is 0 Å². The Morgan fingerprint density at radius 2 is 1.57 bits per heavy atom. The fourth-order valence-electron chi connectivity index (χ4n) is 2.12. The fourth-order valence-corrected chi connectivity index (χ4v) is 3.55. The summed E-state index contributed by atoms with van der Waals surface area (Å²) in [5, 5.41) is 5.18. The van der Waals surface area contributed by atoms with Crippen molar-refractivity contribution < 1.29 is 27.5 Å². The summed E-state index contributed by atoms with van der Waals surface area (Å²) in [6.07, 6.45) is 0.0736. The highest BCUT2D eigenvalue weighted by Gasteiger charge is 2.25. The van der Waals surface area contributed by atoms with Gasteiger partial charge < -0.3 is 15.4 Å². The molecule has 2 atom stereocenters. The summed E-state index contributed by atoms with van der Waals surface area (Å²) in [4.78, 5) is 35.2. The summed E-state index contributed by atoms with van der Waals surface area (Å²) in [6, 6.07) is 5.29. The van der Waals surface area contributed by atoms with E-state index in [1.54, 1.807) is 24.3 Å². The molecule has 9 nitrogen and oxygen atoms in total. The topological polar surface area (TPSA) is 131 Å². The van der Waals surface area contributed by atoms with Crippen LogP contribution >= 0.6 is 0 Å². The maximum atomic E-state index is 12.2. The van der Waals surface area contributed by atoms with Gasteiger partial charge >= 0.3 is 5.97 Å². The quantitative estimate of drug-likeness (QED) is 0.500. The third-order valence-electron chi connectivity index (χ3n) is 3.61. The highest BCUT2D eigenvalue weighted by molar-refractivity contribution is 7.89. The van der Waals surface area contributed by atoms with E-state index in [9.17, 15) is 22.8 Å². The summed E-state index contributed by atoms with van der Waals surface area (Å²) in [6.45, 7) is 5.99. The van der Waals surface area contributed by atoms with Gasteiger partial charge in [-0.1, -0.05) is 13.3 Å². The number of hydrogen-bond acceptors (Lipinski definition) is 6. The zero-order valence-corrected chi connectivity index (χ0v) is 17.3. The third kappa shape index (κ3) is 8.49. The summed E-state index contributed by atoms with van der Waals surface area (Å²) in [5.41, 5.74) is 1.03. The molecular formula is C18H27N3O6S. The number of benzene rings is 1. The molecule has 1 rings (SSSR count). The van der Waals surface area contributed by atoms with Gasteiger partial charge in [-0.15, -0.1) is 0 Å². The molecule has 2 amide bonds. The van der Waals surface area contributed by atoms with E-state index in [1.807, 2.05) is 6.92 Å². The summed E-state index contributed by atoms with van der Waals surface area (Å²) in [7, 11) is -3.59. The summed E-state index contributed by atoms with van der Waals surface area (Å²) < 4.78 is 30.9. The van der Waals surface area contributed by atoms with Crippen molar-refractivity contribution in [3.8, 4) is 0 Å². The molecule has 28 heavy (non-hydrogen) atoms. The number of rotatable bonds is 10. The molecule has 0 aliphatic heterocycles. The number of ether oxygens (including phenoxy) is 1. The van der Waals surface area contributed by atoms with E-state index in [1.165, 1.54) is 20.8 Å². The van der Waals surface area contributed by atoms with Crippen LogP contribution in [-0.2, 0) is 29.1 Å².